The normalized spacial score (nSPS) is 19.4. The topological polar surface area (TPSA) is 95.9 Å². The average molecular weight is 453 g/mol. The summed E-state index contributed by atoms with van der Waals surface area (Å²) < 4.78 is 6.23. The van der Waals surface area contributed by atoms with E-state index in [-0.39, 0.29) is 48.8 Å². The molecule has 2 aromatic heterocycles. The molecule has 1 N–H and O–H groups in total. The van der Waals surface area contributed by atoms with Gasteiger partial charge in [0.25, 0.3) is 5.91 Å². The molecular formula is C25H32N4O4. The van der Waals surface area contributed by atoms with Crippen LogP contribution in [0.1, 0.15) is 42.4 Å². The van der Waals surface area contributed by atoms with Crippen LogP contribution in [0.5, 0.6) is 5.88 Å². The lowest BCUT2D eigenvalue weighted by Gasteiger charge is -2.37. The molecular weight excluding hydrogens is 420 g/mol. The standard InChI is InChI=1S/C25H32N4O4/c1-5-8-19-11-21-24(27-13-19)33-22(17(2)14-29(25(21)32)18(3)16-30)15-28(4)23(31)12-20-9-6-7-10-26-20/h5-11,13,17-18,22,30H,12,14-16H2,1-4H3/t17-,18-,22-/m1/s1. The molecule has 33 heavy (non-hydrogen) atoms. The molecule has 0 aliphatic carbocycles. The van der Waals surface area contributed by atoms with Crippen molar-refractivity contribution in [1.82, 2.24) is 19.8 Å². The van der Waals surface area contributed by atoms with Crippen LogP contribution in [-0.2, 0) is 11.2 Å². The fourth-order valence-electron chi connectivity index (χ4n) is 3.78. The summed E-state index contributed by atoms with van der Waals surface area (Å²) in [6.07, 6.45) is 6.88. The van der Waals surface area contributed by atoms with Crippen molar-refractivity contribution in [1.29, 1.82) is 0 Å². The SMILES string of the molecule is CC=Cc1cnc2c(c1)C(=O)N([C@H](C)CO)C[C@@H](C)[C@@H](CN(C)C(=O)Cc1ccccn1)O2. The first kappa shape index (κ1) is 24.4. The number of hydrogen-bond donors (Lipinski definition) is 1. The summed E-state index contributed by atoms with van der Waals surface area (Å²) in [7, 11) is 1.74. The molecule has 3 heterocycles. The van der Waals surface area contributed by atoms with Gasteiger partial charge in [-0.2, -0.15) is 0 Å². The summed E-state index contributed by atoms with van der Waals surface area (Å²) >= 11 is 0. The third-order valence-electron chi connectivity index (χ3n) is 5.84. The number of pyridine rings is 2. The van der Waals surface area contributed by atoms with Crippen molar-refractivity contribution in [3.63, 3.8) is 0 Å². The molecule has 0 spiro atoms. The number of hydrogen-bond acceptors (Lipinski definition) is 6. The minimum atomic E-state index is -0.386. The summed E-state index contributed by atoms with van der Waals surface area (Å²) in [6.45, 7) is 6.26. The van der Waals surface area contributed by atoms with Gasteiger partial charge in [0.2, 0.25) is 11.8 Å². The zero-order valence-corrected chi connectivity index (χ0v) is 19.6. The van der Waals surface area contributed by atoms with E-state index in [1.807, 2.05) is 51.1 Å². The summed E-state index contributed by atoms with van der Waals surface area (Å²) in [6, 6.07) is 6.89. The van der Waals surface area contributed by atoms with Crippen LogP contribution < -0.4 is 4.74 Å². The molecule has 0 radical (unpaired) electrons. The molecule has 0 bridgehead atoms. The van der Waals surface area contributed by atoms with Crippen molar-refractivity contribution >= 4 is 17.9 Å². The lowest BCUT2D eigenvalue weighted by Crippen LogP contribution is -2.50. The largest absolute Gasteiger partial charge is 0.472 e. The molecule has 2 amide bonds. The Labute approximate surface area is 194 Å². The van der Waals surface area contributed by atoms with Gasteiger partial charge in [0.1, 0.15) is 11.7 Å². The Kier molecular flexibility index (Phi) is 8.16. The minimum absolute atomic E-state index is 0.0696. The van der Waals surface area contributed by atoms with E-state index in [1.165, 1.54) is 0 Å². The number of aliphatic hydroxyl groups is 1. The second kappa shape index (κ2) is 11.0. The fourth-order valence-corrected chi connectivity index (χ4v) is 3.78. The van der Waals surface area contributed by atoms with E-state index in [0.717, 1.165) is 5.56 Å². The highest BCUT2D eigenvalue weighted by atomic mass is 16.5. The molecule has 0 aromatic carbocycles. The predicted octanol–water partition coefficient (Wildman–Crippen LogP) is 2.43. The van der Waals surface area contributed by atoms with Crippen LogP contribution in [0.4, 0.5) is 0 Å². The second-order valence-electron chi connectivity index (χ2n) is 8.52. The van der Waals surface area contributed by atoms with Gasteiger partial charge in [0.15, 0.2) is 0 Å². The maximum atomic E-state index is 13.3. The first-order valence-corrected chi connectivity index (χ1v) is 11.2. The molecule has 8 nitrogen and oxygen atoms in total. The van der Waals surface area contributed by atoms with Gasteiger partial charge in [0, 0.05) is 37.6 Å². The number of rotatable bonds is 7. The van der Waals surface area contributed by atoms with Crippen molar-refractivity contribution in [2.75, 3.05) is 26.7 Å². The van der Waals surface area contributed by atoms with Crippen LogP contribution in [0, 0.1) is 5.92 Å². The molecule has 8 heteroatoms. The van der Waals surface area contributed by atoms with E-state index >= 15 is 0 Å². The number of aliphatic hydroxyl groups excluding tert-OH is 1. The first-order valence-electron chi connectivity index (χ1n) is 11.2. The maximum absolute atomic E-state index is 13.3. The van der Waals surface area contributed by atoms with Crippen LogP contribution in [0.15, 0.2) is 42.7 Å². The number of carbonyl (C=O) groups excluding carboxylic acids is 2. The van der Waals surface area contributed by atoms with E-state index in [2.05, 4.69) is 9.97 Å². The summed E-state index contributed by atoms with van der Waals surface area (Å²) in [4.78, 5) is 38.1. The number of likely N-dealkylation sites (N-methyl/N-ethyl adjacent to an activating group) is 1. The Bertz CT molecular complexity index is 995. The number of ether oxygens (including phenoxy) is 1. The van der Waals surface area contributed by atoms with Gasteiger partial charge < -0.3 is 19.6 Å². The molecule has 3 rings (SSSR count). The third-order valence-corrected chi connectivity index (χ3v) is 5.84. The van der Waals surface area contributed by atoms with Crippen LogP contribution in [0.3, 0.4) is 0 Å². The lowest BCUT2D eigenvalue weighted by atomic mass is 9.99. The lowest BCUT2D eigenvalue weighted by molar-refractivity contribution is -0.130. The third kappa shape index (κ3) is 5.96. The van der Waals surface area contributed by atoms with Crippen molar-refractivity contribution in [2.45, 2.75) is 39.3 Å². The zero-order chi connectivity index (χ0) is 24.0. The van der Waals surface area contributed by atoms with E-state index in [0.29, 0.717) is 24.3 Å². The van der Waals surface area contributed by atoms with Gasteiger partial charge in [-0.15, -0.1) is 0 Å². The van der Waals surface area contributed by atoms with E-state index < -0.39 is 0 Å². The van der Waals surface area contributed by atoms with Gasteiger partial charge >= 0.3 is 0 Å². The highest BCUT2D eigenvalue weighted by molar-refractivity contribution is 5.97. The van der Waals surface area contributed by atoms with E-state index in [1.54, 1.807) is 35.3 Å². The van der Waals surface area contributed by atoms with Crippen molar-refractivity contribution in [3.8, 4) is 5.88 Å². The zero-order valence-electron chi connectivity index (χ0n) is 19.6. The highest BCUT2D eigenvalue weighted by Crippen LogP contribution is 2.27. The molecule has 0 unspecified atom stereocenters. The quantitative estimate of drug-likeness (QED) is 0.693. The van der Waals surface area contributed by atoms with Crippen LogP contribution >= 0.6 is 0 Å². The van der Waals surface area contributed by atoms with Gasteiger partial charge in [-0.1, -0.05) is 25.1 Å². The first-order chi connectivity index (χ1) is 15.8. The molecule has 0 saturated heterocycles. The average Bonchev–Trinajstić information content (AvgIpc) is 2.82. The monoisotopic (exact) mass is 452 g/mol. The maximum Gasteiger partial charge on any atom is 0.259 e. The Balaban J connectivity index is 1.87. The Hall–Kier alpha value is -3.26. The smallest absolute Gasteiger partial charge is 0.259 e. The second-order valence-corrected chi connectivity index (χ2v) is 8.52. The molecule has 3 atom stereocenters. The molecule has 176 valence electrons. The van der Waals surface area contributed by atoms with Crippen LogP contribution in [0.25, 0.3) is 6.08 Å². The molecule has 0 saturated carbocycles. The number of allylic oxidation sites excluding steroid dienone is 1. The van der Waals surface area contributed by atoms with E-state index in [4.69, 9.17) is 4.74 Å². The minimum Gasteiger partial charge on any atom is -0.472 e. The van der Waals surface area contributed by atoms with Gasteiger partial charge in [0.05, 0.1) is 25.6 Å². The van der Waals surface area contributed by atoms with Crippen molar-refractivity contribution < 1.29 is 19.4 Å². The van der Waals surface area contributed by atoms with E-state index in [9.17, 15) is 14.7 Å². The Morgan fingerprint density at radius 3 is 2.85 bits per heavy atom. The predicted molar refractivity (Wildman–Crippen MR) is 126 cm³/mol. The van der Waals surface area contributed by atoms with Crippen LogP contribution in [-0.4, -0.2) is 75.6 Å². The Morgan fingerprint density at radius 1 is 1.39 bits per heavy atom. The molecule has 1 aliphatic heterocycles. The van der Waals surface area contributed by atoms with Gasteiger partial charge in [-0.3, -0.25) is 14.6 Å². The number of aromatic nitrogens is 2. The number of fused-ring (bicyclic) bond motifs is 1. The van der Waals surface area contributed by atoms with Crippen LogP contribution in [0.2, 0.25) is 0 Å². The molecule has 0 fully saturated rings. The fraction of sp³-hybridized carbons (Fsp3) is 0.440. The molecule has 2 aromatic rings. The number of nitrogens with zero attached hydrogens (tertiary/aromatic N) is 4. The molecule has 1 aliphatic rings. The Morgan fingerprint density at radius 2 is 2.18 bits per heavy atom. The number of amides is 2. The summed E-state index contributed by atoms with van der Waals surface area (Å²) in [5.41, 5.74) is 1.85. The van der Waals surface area contributed by atoms with Gasteiger partial charge in [-0.25, -0.2) is 4.98 Å². The summed E-state index contributed by atoms with van der Waals surface area (Å²) in [5, 5.41) is 9.75. The summed E-state index contributed by atoms with van der Waals surface area (Å²) in [5.74, 6) is -0.154. The highest BCUT2D eigenvalue weighted by Gasteiger charge is 2.34. The van der Waals surface area contributed by atoms with Gasteiger partial charge in [-0.05, 0) is 37.6 Å². The number of carbonyl (C=O) groups is 2. The van der Waals surface area contributed by atoms with Crippen molar-refractivity contribution in [2.24, 2.45) is 5.92 Å². The van der Waals surface area contributed by atoms with Crippen molar-refractivity contribution in [3.05, 3.63) is 59.6 Å².